The lowest BCUT2D eigenvalue weighted by atomic mass is 10.2. The molecule has 2 aromatic carbocycles. The van der Waals surface area contributed by atoms with E-state index >= 15 is 0 Å². The Morgan fingerprint density at radius 2 is 1.69 bits per heavy atom. The summed E-state index contributed by atoms with van der Waals surface area (Å²) in [5, 5.41) is 7.57. The molecule has 32 heavy (non-hydrogen) atoms. The molecule has 0 atom stereocenters. The van der Waals surface area contributed by atoms with Gasteiger partial charge in [-0.25, -0.2) is 13.4 Å². The van der Waals surface area contributed by atoms with Crippen LogP contribution in [0.5, 0.6) is 0 Å². The molecule has 0 saturated heterocycles. The van der Waals surface area contributed by atoms with Crippen molar-refractivity contribution in [2.24, 2.45) is 0 Å². The van der Waals surface area contributed by atoms with Gasteiger partial charge in [0, 0.05) is 28.4 Å². The van der Waals surface area contributed by atoms with Crippen LogP contribution in [0.15, 0.2) is 87.8 Å². The molecule has 8 nitrogen and oxygen atoms in total. The molecule has 10 heteroatoms. The van der Waals surface area contributed by atoms with E-state index in [0.717, 1.165) is 0 Å². The second-order valence-corrected chi connectivity index (χ2v) is 9.55. The molecular formula is C22H17N3O5S2. The van der Waals surface area contributed by atoms with Gasteiger partial charge in [0.15, 0.2) is 20.7 Å². The molecule has 0 saturated carbocycles. The van der Waals surface area contributed by atoms with Gasteiger partial charge in [0.05, 0.1) is 16.9 Å². The van der Waals surface area contributed by atoms with E-state index in [-0.39, 0.29) is 27.9 Å². The zero-order valence-corrected chi connectivity index (χ0v) is 18.2. The smallest absolute Gasteiger partial charge is 0.291 e. The third-order valence-electron chi connectivity index (χ3n) is 4.46. The first kappa shape index (κ1) is 21.5. The second-order valence-electron chi connectivity index (χ2n) is 6.67. The highest BCUT2D eigenvalue weighted by molar-refractivity contribution is 7.90. The normalized spacial score (nSPS) is 11.1. The van der Waals surface area contributed by atoms with Crippen LogP contribution in [0.4, 0.5) is 10.8 Å². The lowest BCUT2D eigenvalue weighted by Crippen LogP contribution is -2.15. The quantitative estimate of drug-likeness (QED) is 0.420. The number of benzene rings is 2. The summed E-state index contributed by atoms with van der Waals surface area (Å²) >= 11 is 1.31. The summed E-state index contributed by atoms with van der Waals surface area (Å²) in [6.07, 6.45) is 2.86. The molecular weight excluding hydrogens is 450 g/mol. The zero-order valence-electron chi connectivity index (χ0n) is 16.5. The number of nitrogens with one attached hydrogen (secondary N) is 2. The SMILES string of the molecule is O=C(Nc1nccs1)c1ccc(NC(=O)c2occc2CS(=O)(=O)c2ccccc2)cc1. The van der Waals surface area contributed by atoms with Crippen molar-refractivity contribution in [1.82, 2.24) is 4.98 Å². The standard InChI is InChI=1S/C22H17N3O5S2/c26-20(25-22-23-11-13-31-22)15-6-8-17(9-7-15)24-21(27)19-16(10-12-30-19)14-32(28,29)18-4-2-1-3-5-18/h1-13H,14H2,(H,24,27)(H,23,25,26). The molecule has 4 aromatic rings. The monoisotopic (exact) mass is 467 g/mol. The summed E-state index contributed by atoms with van der Waals surface area (Å²) in [5.74, 6) is -1.37. The summed E-state index contributed by atoms with van der Waals surface area (Å²) in [5.41, 5.74) is 1.07. The summed E-state index contributed by atoms with van der Waals surface area (Å²) in [6, 6.07) is 15.7. The highest BCUT2D eigenvalue weighted by Crippen LogP contribution is 2.21. The minimum absolute atomic E-state index is 0.0879. The summed E-state index contributed by atoms with van der Waals surface area (Å²) in [4.78, 5) is 29.0. The van der Waals surface area contributed by atoms with Crippen LogP contribution < -0.4 is 10.6 Å². The fourth-order valence-electron chi connectivity index (χ4n) is 2.91. The van der Waals surface area contributed by atoms with Crippen LogP contribution in [0, 0.1) is 0 Å². The molecule has 2 amide bonds. The molecule has 4 rings (SSSR count). The van der Waals surface area contributed by atoms with Gasteiger partial charge in [0.1, 0.15) is 0 Å². The number of aromatic nitrogens is 1. The zero-order chi connectivity index (χ0) is 22.6. The number of anilines is 2. The fourth-order valence-corrected chi connectivity index (χ4v) is 4.81. The number of thiazole rings is 1. The number of sulfone groups is 1. The summed E-state index contributed by atoms with van der Waals surface area (Å²) in [6.45, 7) is 0. The number of carbonyl (C=O) groups is 2. The van der Waals surface area contributed by atoms with E-state index in [1.54, 1.807) is 54.0 Å². The molecule has 0 radical (unpaired) electrons. The Labute approximate surface area is 187 Å². The van der Waals surface area contributed by atoms with E-state index in [1.807, 2.05) is 0 Å². The van der Waals surface area contributed by atoms with Gasteiger partial charge >= 0.3 is 0 Å². The Bertz CT molecular complexity index is 1330. The molecule has 0 aliphatic rings. The van der Waals surface area contributed by atoms with Crippen LogP contribution in [-0.4, -0.2) is 25.2 Å². The Kier molecular flexibility index (Phi) is 6.15. The maximum Gasteiger partial charge on any atom is 0.291 e. The number of carbonyl (C=O) groups excluding carboxylic acids is 2. The third-order valence-corrected chi connectivity index (χ3v) is 6.83. The first-order chi connectivity index (χ1) is 15.4. The van der Waals surface area contributed by atoms with Gasteiger partial charge in [-0.2, -0.15) is 0 Å². The lowest BCUT2D eigenvalue weighted by Gasteiger charge is -2.07. The number of amides is 2. The Morgan fingerprint density at radius 3 is 2.38 bits per heavy atom. The first-order valence-corrected chi connectivity index (χ1v) is 11.9. The molecule has 2 heterocycles. The maximum absolute atomic E-state index is 12.7. The first-order valence-electron chi connectivity index (χ1n) is 9.39. The summed E-state index contributed by atoms with van der Waals surface area (Å²) < 4.78 is 30.5. The predicted molar refractivity (Wildman–Crippen MR) is 121 cm³/mol. The lowest BCUT2D eigenvalue weighted by molar-refractivity contribution is 0.0994. The number of hydrogen-bond donors (Lipinski definition) is 2. The molecule has 0 fully saturated rings. The van der Waals surface area contributed by atoms with E-state index in [2.05, 4.69) is 15.6 Å². The van der Waals surface area contributed by atoms with Crippen molar-refractivity contribution in [1.29, 1.82) is 0 Å². The minimum Gasteiger partial charge on any atom is -0.459 e. The van der Waals surface area contributed by atoms with Crippen molar-refractivity contribution in [2.45, 2.75) is 10.6 Å². The minimum atomic E-state index is -3.64. The van der Waals surface area contributed by atoms with Gasteiger partial charge < -0.3 is 9.73 Å². The molecule has 0 aliphatic heterocycles. The van der Waals surface area contributed by atoms with Crippen LogP contribution in [0.3, 0.4) is 0 Å². The van der Waals surface area contributed by atoms with Crippen LogP contribution in [0.2, 0.25) is 0 Å². The Balaban J connectivity index is 1.44. The van der Waals surface area contributed by atoms with Crippen molar-refractivity contribution in [3.63, 3.8) is 0 Å². The highest BCUT2D eigenvalue weighted by Gasteiger charge is 2.22. The summed E-state index contributed by atoms with van der Waals surface area (Å²) in [7, 11) is -3.64. The maximum atomic E-state index is 12.7. The van der Waals surface area contributed by atoms with E-state index in [4.69, 9.17) is 4.42 Å². The average Bonchev–Trinajstić information content (AvgIpc) is 3.47. The van der Waals surface area contributed by atoms with Gasteiger partial charge in [0.25, 0.3) is 11.8 Å². The molecule has 2 N–H and O–H groups in total. The molecule has 0 unspecified atom stereocenters. The number of rotatable bonds is 7. The molecule has 2 aromatic heterocycles. The molecule has 0 aliphatic carbocycles. The van der Waals surface area contributed by atoms with E-state index < -0.39 is 15.7 Å². The number of nitrogens with zero attached hydrogens (tertiary/aromatic N) is 1. The molecule has 0 spiro atoms. The van der Waals surface area contributed by atoms with Crippen LogP contribution in [-0.2, 0) is 15.6 Å². The Morgan fingerprint density at radius 1 is 0.938 bits per heavy atom. The van der Waals surface area contributed by atoms with E-state index in [1.165, 1.54) is 35.8 Å². The Hall–Kier alpha value is -3.76. The topological polar surface area (TPSA) is 118 Å². The average molecular weight is 468 g/mol. The van der Waals surface area contributed by atoms with Gasteiger partial charge in [-0.1, -0.05) is 18.2 Å². The van der Waals surface area contributed by atoms with Gasteiger partial charge in [-0.3, -0.25) is 14.9 Å². The van der Waals surface area contributed by atoms with E-state index in [9.17, 15) is 18.0 Å². The largest absolute Gasteiger partial charge is 0.459 e. The van der Waals surface area contributed by atoms with Crippen molar-refractivity contribution in [3.8, 4) is 0 Å². The van der Waals surface area contributed by atoms with E-state index in [0.29, 0.717) is 16.4 Å². The third kappa shape index (κ3) is 4.93. The van der Waals surface area contributed by atoms with Crippen molar-refractivity contribution >= 4 is 43.8 Å². The molecule has 162 valence electrons. The van der Waals surface area contributed by atoms with Crippen LogP contribution in [0.1, 0.15) is 26.5 Å². The van der Waals surface area contributed by atoms with Crippen LogP contribution >= 0.6 is 11.3 Å². The van der Waals surface area contributed by atoms with Gasteiger partial charge in [0.2, 0.25) is 0 Å². The van der Waals surface area contributed by atoms with Crippen molar-refractivity contribution in [2.75, 3.05) is 10.6 Å². The number of furan rings is 1. The van der Waals surface area contributed by atoms with Crippen molar-refractivity contribution < 1.29 is 22.4 Å². The fraction of sp³-hybridized carbons (Fsp3) is 0.0455. The molecule has 0 bridgehead atoms. The highest BCUT2D eigenvalue weighted by atomic mass is 32.2. The number of hydrogen-bond acceptors (Lipinski definition) is 7. The van der Waals surface area contributed by atoms with Gasteiger partial charge in [-0.05, 0) is 42.5 Å². The predicted octanol–water partition coefficient (Wildman–Crippen LogP) is 4.21. The van der Waals surface area contributed by atoms with Gasteiger partial charge in [-0.15, -0.1) is 11.3 Å². The van der Waals surface area contributed by atoms with Crippen molar-refractivity contribution in [3.05, 3.63) is 95.4 Å². The second kappa shape index (κ2) is 9.16. The van der Waals surface area contributed by atoms with Crippen LogP contribution in [0.25, 0.3) is 0 Å².